The third-order valence-electron chi connectivity index (χ3n) is 2.41. The quantitative estimate of drug-likeness (QED) is 0.227. The van der Waals surface area contributed by atoms with Crippen LogP contribution in [0, 0.1) is 0 Å². The Morgan fingerprint density at radius 2 is 1.58 bits per heavy atom. The largest absolute Gasteiger partial charge is 0.494 e. The van der Waals surface area contributed by atoms with Crippen LogP contribution in [0.25, 0.3) is 0 Å². The van der Waals surface area contributed by atoms with Gasteiger partial charge in [-0.2, -0.15) is 34.8 Å². The highest BCUT2D eigenvalue weighted by atomic mass is 32.2. The van der Waals surface area contributed by atoms with Crippen LogP contribution in [0.15, 0.2) is 25.0 Å². The van der Waals surface area contributed by atoms with Crippen molar-refractivity contribution in [2.75, 3.05) is 12.4 Å². The summed E-state index contributed by atoms with van der Waals surface area (Å²) in [5.41, 5.74) is -5.42. The number of ether oxygens (including phenoxy) is 2. The summed E-state index contributed by atoms with van der Waals surface area (Å²) in [4.78, 5) is 11.3. The molecule has 0 atom stereocenters. The molecule has 0 radical (unpaired) electrons. The van der Waals surface area contributed by atoms with E-state index < -0.39 is 52.8 Å². The first-order chi connectivity index (χ1) is 10.6. The lowest BCUT2D eigenvalue weighted by molar-refractivity contribution is -0.361. The van der Waals surface area contributed by atoms with E-state index >= 15 is 0 Å². The van der Waals surface area contributed by atoms with E-state index in [4.69, 9.17) is 4.55 Å². The van der Waals surface area contributed by atoms with Crippen molar-refractivity contribution < 1.29 is 53.6 Å². The highest BCUT2D eigenvalue weighted by Crippen LogP contribution is 2.46. The fourth-order valence-corrected chi connectivity index (χ4v) is 2.20. The first-order valence-electron chi connectivity index (χ1n) is 5.80. The molecule has 0 aliphatic carbocycles. The number of carbonyl (C=O) groups excluding carboxylic acids is 1. The Morgan fingerprint density at radius 3 is 1.92 bits per heavy atom. The number of alkyl halides is 6. The van der Waals surface area contributed by atoms with Crippen LogP contribution in [0.3, 0.4) is 0 Å². The normalized spacial score (nSPS) is 13.3. The van der Waals surface area contributed by atoms with Crippen LogP contribution in [0.5, 0.6) is 0 Å². The number of rotatable bonds is 8. The first-order valence-corrected chi connectivity index (χ1v) is 7.41. The van der Waals surface area contributed by atoms with Crippen molar-refractivity contribution in [3.8, 4) is 0 Å². The molecule has 6 nitrogen and oxygen atoms in total. The number of hydrogen-bond donors (Lipinski definition) is 1. The van der Waals surface area contributed by atoms with Gasteiger partial charge in [-0.1, -0.05) is 13.2 Å². The molecule has 0 rings (SSSR count). The van der Waals surface area contributed by atoms with E-state index in [0.29, 0.717) is 0 Å². The van der Waals surface area contributed by atoms with Gasteiger partial charge in [-0.15, -0.1) is 0 Å². The summed E-state index contributed by atoms with van der Waals surface area (Å²) in [6.45, 7) is 5.70. The molecule has 0 aromatic heterocycles. The van der Waals surface area contributed by atoms with Gasteiger partial charge in [0.25, 0.3) is 10.1 Å². The molecule has 0 aromatic rings. The van der Waals surface area contributed by atoms with Crippen LogP contribution in [-0.4, -0.2) is 49.3 Å². The Balaban J connectivity index is 5.52. The predicted octanol–water partition coefficient (Wildman–Crippen LogP) is 2.39. The number of hydrogen-bond acceptors (Lipinski definition) is 5. The topological polar surface area (TPSA) is 89.9 Å². The lowest BCUT2D eigenvalue weighted by Crippen LogP contribution is -2.63. The fourth-order valence-electron chi connectivity index (χ4n) is 1.30. The Labute approximate surface area is 132 Å². The summed E-state index contributed by atoms with van der Waals surface area (Å²) in [5, 5.41) is 0. The van der Waals surface area contributed by atoms with Crippen LogP contribution in [-0.2, 0) is 24.4 Å². The Bertz CT molecular complexity index is 577. The fraction of sp³-hybridized carbons (Fsp3) is 0.545. The van der Waals surface area contributed by atoms with E-state index in [-0.39, 0.29) is 5.76 Å². The summed E-state index contributed by atoms with van der Waals surface area (Å²) in [6.07, 6.45) is -12.7. The van der Waals surface area contributed by atoms with Gasteiger partial charge >= 0.3 is 23.9 Å². The van der Waals surface area contributed by atoms with Gasteiger partial charge in [0.1, 0.15) is 11.5 Å². The molecule has 0 saturated heterocycles. The van der Waals surface area contributed by atoms with Crippen molar-refractivity contribution in [1.29, 1.82) is 0 Å². The lowest BCUT2D eigenvalue weighted by Gasteiger charge is -2.35. The molecule has 0 aromatic carbocycles. The van der Waals surface area contributed by atoms with Crippen molar-refractivity contribution in [1.82, 2.24) is 0 Å². The maximum Gasteiger partial charge on any atom is 0.438 e. The van der Waals surface area contributed by atoms with Crippen LogP contribution in [0.2, 0.25) is 0 Å². The summed E-state index contributed by atoms with van der Waals surface area (Å²) in [5.74, 6) is -5.09. The van der Waals surface area contributed by atoms with Crippen molar-refractivity contribution in [3.05, 3.63) is 25.0 Å². The summed E-state index contributed by atoms with van der Waals surface area (Å²) in [6, 6.07) is 0. The molecular weight excluding hydrogens is 374 g/mol. The molecule has 0 bridgehead atoms. The Hall–Kier alpha value is -1.76. The number of allylic oxidation sites excluding steroid dienone is 1. The third kappa shape index (κ3) is 6.03. The highest BCUT2D eigenvalue weighted by molar-refractivity contribution is 7.85. The van der Waals surface area contributed by atoms with E-state index in [9.17, 15) is 39.6 Å². The van der Waals surface area contributed by atoms with Crippen molar-refractivity contribution in [2.24, 2.45) is 0 Å². The smallest absolute Gasteiger partial charge is 0.438 e. The third-order valence-corrected chi connectivity index (χ3v) is 3.18. The second-order valence-electron chi connectivity index (χ2n) is 4.29. The highest BCUT2D eigenvalue weighted by Gasteiger charge is 2.75. The van der Waals surface area contributed by atoms with Crippen LogP contribution < -0.4 is 0 Å². The van der Waals surface area contributed by atoms with Crippen LogP contribution >= 0.6 is 0 Å². The molecule has 0 amide bonds. The number of esters is 1. The van der Waals surface area contributed by atoms with E-state index in [1.165, 1.54) is 0 Å². The van der Waals surface area contributed by atoms with E-state index in [1.807, 2.05) is 0 Å². The molecule has 0 aliphatic rings. The first kappa shape index (κ1) is 22.2. The van der Waals surface area contributed by atoms with Gasteiger partial charge in [0.15, 0.2) is 0 Å². The molecule has 0 unspecified atom stereocenters. The molecule has 140 valence electrons. The Morgan fingerprint density at radius 1 is 1.12 bits per heavy atom. The average Bonchev–Trinajstić information content (AvgIpc) is 2.33. The summed E-state index contributed by atoms with van der Waals surface area (Å²) in [7, 11) is -5.81. The zero-order chi connectivity index (χ0) is 19.4. The van der Waals surface area contributed by atoms with Gasteiger partial charge in [-0.3, -0.25) is 9.35 Å². The SMILES string of the molecule is C=CC(=C)OCCC(=O)OC(CS(=O)(=O)O)(C(F)(F)F)C(F)(F)F. The molecule has 24 heavy (non-hydrogen) atoms. The van der Waals surface area contributed by atoms with Crippen molar-refractivity contribution in [2.45, 2.75) is 24.4 Å². The van der Waals surface area contributed by atoms with Gasteiger partial charge in [0.05, 0.1) is 13.0 Å². The van der Waals surface area contributed by atoms with Gasteiger partial charge in [-0.05, 0) is 6.08 Å². The zero-order valence-electron chi connectivity index (χ0n) is 11.8. The lowest BCUT2D eigenvalue weighted by atomic mass is 10.1. The van der Waals surface area contributed by atoms with Crippen molar-refractivity contribution >= 4 is 16.1 Å². The maximum absolute atomic E-state index is 12.8. The second kappa shape index (κ2) is 7.42. The molecule has 1 N–H and O–H groups in total. The Kier molecular flexibility index (Phi) is 6.88. The minimum Gasteiger partial charge on any atom is -0.494 e. The molecule has 0 fully saturated rings. The van der Waals surface area contributed by atoms with Gasteiger partial charge < -0.3 is 9.47 Å². The van der Waals surface area contributed by atoms with Crippen molar-refractivity contribution in [3.63, 3.8) is 0 Å². The monoisotopic (exact) mass is 386 g/mol. The summed E-state index contributed by atoms with van der Waals surface area (Å²) >= 11 is 0. The van der Waals surface area contributed by atoms with Crippen LogP contribution in [0.1, 0.15) is 6.42 Å². The van der Waals surface area contributed by atoms with Gasteiger partial charge in [0, 0.05) is 0 Å². The van der Waals surface area contributed by atoms with E-state index in [0.717, 1.165) is 6.08 Å². The minimum atomic E-state index is -6.36. The molecule has 13 heteroatoms. The second-order valence-corrected chi connectivity index (χ2v) is 5.74. The molecule has 0 spiro atoms. The number of carbonyl (C=O) groups is 1. The molecular formula is C11H12F6O6S. The van der Waals surface area contributed by atoms with Crippen LogP contribution in [0.4, 0.5) is 26.3 Å². The summed E-state index contributed by atoms with van der Waals surface area (Å²) < 4.78 is 115. The minimum absolute atomic E-state index is 0.112. The van der Waals surface area contributed by atoms with E-state index in [2.05, 4.69) is 22.6 Å². The van der Waals surface area contributed by atoms with E-state index in [1.54, 1.807) is 0 Å². The molecule has 0 saturated carbocycles. The van der Waals surface area contributed by atoms with Gasteiger partial charge in [0.2, 0.25) is 0 Å². The molecule has 0 aliphatic heterocycles. The zero-order valence-corrected chi connectivity index (χ0v) is 12.6. The predicted molar refractivity (Wildman–Crippen MR) is 67.3 cm³/mol. The standard InChI is InChI=1S/C11H12F6O6S/c1-3-7(2)22-5-4-8(18)23-9(10(12,13)14,11(15,16)17)6-24(19,20)21/h3H,1-2,4-6H2,(H,19,20,21). The average molecular weight is 386 g/mol. The maximum atomic E-state index is 12.8. The molecule has 0 heterocycles. The number of halogens is 6. The van der Waals surface area contributed by atoms with Gasteiger partial charge in [-0.25, -0.2) is 0 Å².